The van der Waals surface area contributed by atoms with Crippen molar-refractivity contribution in [3.05, 3.63) is 64.2 Å². The number of aromatic carboxylic acids is 1. The average molecular weight is 343 g/mol. The van der Waals surface area contributed by atoms with Gasteiger partial charge in [0.05, 0.1) is 10.6 Å². The van der Waals surface area contributed by atoms with E-state index >= 15 is 0 Å². The van der Waals surface area contributed by atoms with E-state index in [0.29, 0.717) is 11.3 Å². The Labute approximate surface area is 142 Å². The van der Waals surface area contributed by atoms with Crippen LogP contribution in [0.3, 0.4) is 0 Å². The minimum atomic E-state index is -1.07. The highest BCUT2D eigenvalue weighted by Gasteiger charge is 2.11. The van der Waals surface area contributed by atoms with Crippen molar-refractivity contribution < 1.29 is 19.8 Å². The number of phenolic OH excluding ortho intramolecular Hbond substituents is 1. The van der Waals surface area contributed by atoms with Gasteiger partial charge in [0.1, 0.15) is 17.4 Å². The van der Waals surface area contributed by atoms with Gasteiger partial charge in [0.2, 0.25) is 0 Å². The number of carboxylic acids is 1. The Kier molecular flexibility index (Phi) is 5.20. The summed E-state index contributed by atoms with van der Waals surface area (Å²) in [7, 11) is 0. The Morgan fingerprint density at radius 3 is 2.38 bits per heavy atom. The van der Waals surface area contributed by atoms with E-state index in [1.807, 2.05) is 0 Å². The van der Waals surface area contributed by atoms with Crippen LogP contribution in [0.5, 0.6) is 5.75 Å². The van der Waals surface area contributed by atoms with E-state index in [1.54, 1.807) is 6.07 Å². The number of halogens is 1. The zero-order chi connectivity index (χ0) is 17.7. The van der Waals surface area contributed by atoms with E-state index in [9.17, 15) is 14.7 Å². The van der Waals surface area contributed by atoms with Crippen LogP contribution in [0.1, 0.15) is 15.9 Å². The largest absolute Gasteiger partial charge is 0.506 e. The van der Waals surface area contributed by atoms with Gasteiger partial charge in [-0.3, -0.25) is 4.79 Å². The van der Waals surface area contributed by atoms with Crippen molar-refractivity contribution in [3.8, 4) is 11.8 Å². The molecule has 0 saturated heterocycles. The molecule has 6 nitrogen and oxygen atoms in total. The number of aromatic hydroxyl groups is 1. The number of rotatable bonds is 4. The maximum atomic E-state index is 12.1. The fourth-order valence-corrected chi connectivity index (χ4v) is 2.01. The molecular formula is C17H11ClN2O4. The zero-order valence-electron chi connectivity index (χ0n) is 12.2. The smallest absolute Gasteiger partial charge is 0.335 e. The van der Waals surface area contributed by atoms with Gasteiger partial charge in [-0.25, -0.2) is 4.79 Å². The van der Waals surface area contributed by atoms with E-state index in [-0.39, 0.29) is 21.9 Å². The van der Waals surface area contributed by atoms with Crippen molar-refractivity contribution >= 4 is 35.2 Å². The molecule has 0 saturated carbocycles. The van der Waals surface area contributed by atoms with E-state index < -0.39 is 11.9 Å². The molecule has 2 rings (SSSR count). The summed E-state index contributed by atoms with van der Waals surface area (Å²) >= 11 is 5.78. The third-order valence-electron chi connectivity index (χ3n) is 3.04. The van der Waals surface area contributed by atoms with Gasteiger partial charge >= 0.3 is 5.97 Å². The van der Waals surface area contributed by atoms with E-state index in [1.165, 1.54) is 48.5 Å². The lowest BCUT2D eigenvalue weighted by molar-refractivity contribution is -0.112. The third kappa shape index (κ3) is 4.12. The summed E-state index contributed by atoms with van der Waals surface area (Å²) in [5, 5.41) is 29.9. The molecule has 0 unspecified atom stereocenters. The van der Waals surface area contributed by atoms with E-state index in [0.717, 1.165) is 0 Å². The first-order chi connectivity index (χ1) is 11.4. The first-order valence-electron chi connectivity index (χ1n) is 6.65. The molecule has 0 fully saturated rings. The minimum Gasteiger partial charge on any atom is -0.506 e. The molecule has 7 heteroatoms. The molecule has 0 bridgehead atoms. The Morgan fingerprint density at radius 1 is 1.17 bits per heavy atom. The number of phenols is 1. The quantitative estimate of drug-likeness (QED) is 0.583. The van der Waals surface area contributed by atoms with Gasteiger partial charge in [-0.2, -0.15) is 5.26 Å². The number of hydrogen-bond donors (Lipinski definition) is 3. The minimum absolute atomic E-state index is 0.0859. The fraction of sp³-hybridized carbons (Fsp3) is 0. The van der Waals surface area contributed by atoms with Crippen molar-refractivity contribution in [1.82, 2.24) is 0 Å². The Balaban J connectivity index is 2.19. The summed E-state index contributed by atoms with van der Waals surface area (Å²) in [5.74, 6) is -1.82. The average Bonchev–Trinajstić information content (AvgIpc) is 2.56. The van der Waals surface area contributed by atoms with Crippen LogP contribution in [-0.2, 0) is 4.79 Å². The van der Waals surface area contributed by atoms with Gasteiger partial charge in [-0.05, 0) is 48.0 Å². The molecule has 1 amide bonds. The molecule has 2 aromatic carbocycles. The van der Waals surface area contributed by atoms with Crippen molar-refractivity contribution in [3.63, 3.8) is 0 Å². The number of anilines is 1. The molecule has 0 radical (unpaired) electrons. The number of nitrogens with one attached hydrogen (secondary N) is 1. The SMILES string of the molecule is N#CC(=Cc1ccc(O)c(Cl)c1)C(=O)Nc1ccc(C(=O)O)cc1. The second-order valence-corrected chi connectivity index (χ2v) is 5.12. The van der Waals surface area contributed by atoms with Crippen molar-refractivity contribution in [2.75, 3.05) is 5.32 Å². The van der Waals surface area contributed by atoms with Gasteiger partial charge in [0.15, 0.2) is 0 Å². The third-order valence-corrected chi connectivity index (χ3v) is 3.34. The zero-order valence-corrected chi connectivity index (χ0v) is 12.9. The molecule has 2 aromatic rings. The summed E-state index contributed by atoms with van der Waals surface area (Å²) in [5.41, 5.74) is 0.752. The summed E-state index contributed by atoms with van der Waals surface area (Å²) in [6.45, 7) is 0. The lowest BCUT2D eigenvalue weighted by atomic mass is 10.1. The highest BCUT2D eigenvalue weighted by molar-refractivity contribution is 6.32. The second kappa shape index (κ2) is 7.31. The number of nitrogens with zero attached hydrogens (tertiary/aromatic N) is 1. The Bertz CT molecular complexity index is 867. The van der Waals surface area contributed by atoms with Crippen LogP contribution in [0.15, 0.2) is 48.0 Å². The first kappa shape index (κ1) is 17.1. The molecule has 0 heterocycles. The summed E-state index contributed by atoms with van der Waals surface area (Å²) in [6, 6.07) is 11.6. The normalized spacial score (nSPS) is 10.8. The lowest BCUT2D eigenvalue weighted by Gasteiger charge is -2.05. The standard InChI is InChI=1S/C17H11ClN2O4/c18-14-8-10(1-6-15(14)21)7-12(9-19)16(22)20-13-4-2-11(3-5-13)17(23)24/h1-8,21H,(H,20,22)(H,23,24). The van der Waals surface area contributed by atoms with Crippen LogP contribution in [0.25, 0.3) is 6.08 Å². The molecule has 0 aliphatic heterocycles. The molecule has 0 aromatic heterocycles. The van der Waals surface area contributed by atoms with Crippen LogP contribution in [0, 0.1) is 11.3 Å². The number of hydrogen-bond acceptors (Lipinski definition) is 4. The molecular weight excluding hydrogens is 332 g/mol. The van der Waals surface area contributed by atoms with Crippen LogP contribution in [0.4, 0.5) is 5.69 Å². The molecule has 120 valence electrons. The van der Waals surface area contributed by atoms with Crippen molar-refractivity contribution in [1.29, 1.82) is 5.26 Å². The monoisotopic (exact) mass is 342 g/mol. The first-order valence-corrected chi connectivity index (χ1v) is 7.03. The lowest BCUT2D eigenvalue weighted by Crippen LogP contribution is -2.13. The van der Waals surface area contributed by atoms with Crippen LogP contribution in [-0.4, -0.2) is 22.1 Å². The molecule has 0 aliphatic rings. The Hall–Kier alpha value is -3.30. The van der Waals surface area contributed by atoms with Crippen LogP contribution >= 0.6 is 11.6 Å². The van der Waals surface area contributed by atoms with E-state index in [4.69, 9.17) is 22.0 Å². The second-order valence-electron chi connectivity index (χ2n) is 4.72. The van der Waals surface area contributed by atoms with Crippen molar-refractivity contribution in [2.24, 2.45) is 0 Å². The number of nitriles is 1. The Morgan fingerprint density at radius 2 is 1.83 bits per heavy atom. The highest BCUT2D eigenvalue weighted by Crippen LogP contribution is 2.24. The highest BCUT2D eigenvalue weighted by atomic mass is 35.5. The maximum absolute atomic E-state index is 12.1. The summed E-state index contributed by atoms with van der Waals surface area (Å²) < 4.78 is 0. The molecule has 24 heavy (non-hydrogen) atoms. The van der Waals surface area contributed by atoms with Crippen LogP contribution in [0.2, 0.25) is 5.02 Å². The molecule has 0 atom stereocenters. The fourth-order valence-electron chi connectivity index (χ4n) is 1.82. The topological polar surface area (TPSA) is 110 Å². The number of carboxylic acid groups (broad SMARTS) is 1. The predicted octanol–water partition coefficient (Wildman–Crippen LogP) is 3.29. The number of carbonyl (C=O) groups is 2. The molecule has 3 N–H and O–H groups in total. The number of carbonyl (C=O) groups excluding carboxylic acids is 1. The molecule has 0 aliphatic carbocycles. The number of amides is 1. The van der Waals surface area contributed by atoms with Gasteiger partial charge in [0, 0.05) is 5.69 Å². The summed E-state index contributed by atoms with van der Waals surface area (Å²) in [6.07, 6.45) is 1.33. The molecule has 0 spiro atoms. The van der Waals surface area contributed by atoms with Crippen molar-refractivity contribution in [2.45, 2.75) is 0 Å². The van der Waals surface area contributed by atoms with Gasteiger partial charge in [-0.1, -0.05) is 17.7 Å². The maximum Gasteiger partial charge on any atom is 0.335 e. The summed E-state index contributed by atoms with van der Waals surface area (Å²) in [4.78, 5) is 22.9. The van der Waals surface area contributed by atoms with Gasteiger partial charge < -0.3 is 15.5 Å². The van der Waals surface area contributed by atoms with E-state index in [2.05, 4.69) is 5.32 Å². The van der Waals surface area contributed by atoms with Gasteiger partial charge in [-0.15, -0.1) is 0 Å². The predicted molar refractivity (Wildman–Crippen MR) is 88.7 cm³/mol. The number of benzene rings is 2. The van der Waals surface area contributed by atoms with Crippen LogP contribution < -0.4 is 5.32 Å². The van der Waals surface area contributed by atoms with Gasteiger partial charge in [0.25, 0.3) is 5.91 Å².